The smallest absolute Gasteiger partial charge is 0.292 e. The van der Waals surface area contributed by atoms with Crippen LogP contribution in [0.4, 0.5) is 11.4 Å². The fourth-order valence-electron chi connectivity index (χ4n) is 3.50. The molecule has 0 bridgehead atoms. The van der Waals surface area contributed by atoms with Gasteiger partial charge in [0.25, 0.3) is 5.69 Å². The Balaban J connectivity index is 1.46. The molecule has 1 N–H and O–H groups in total. The van der Waals surface area contributed by atoms with Gasteiger partial charge >= 0.3 is 0 Å². The van der Waals surface area contributed by atoms with Gasteiger partial charge in [0.1, 0.15) is 5.69 Å². The maximum atomic E-state index is 12.3. The van der Waals surface area contributed by atoms with E-state index in [1.165, 1.54) is 17.2 Å². The quantitative estimate of drug-likeness (QED) is 0.573. The molecule has 0 atom stereocenters. The molecule has 1 aliphatic rings. The van der Waals surface area contributed by atoms with Crippen LogP contribution < -0.4 is 5.32 Å². The van der Waals surface area contributed by atoms with Gasteiger partial charge in [-0.05, 0) is 23.1 Å². The van der Waals surface area contributed by atoms with Gasteiger partial charge in [0, 0.05) is 38.8 Å². The maximum Gasteiger partial charge on any atom is 0.292 e. The van der Waals surface area contributed by atoms with Crippen molar-refractivity contribution in [2.24, 2.45) is 0 Å². The van der Waals surface area contributed by atoms with Crippen LogP contribution in [0.3, 0.4) is 0 Å². The predicted octanol–water partition coefficient (Wildman–Crippen LogP) is 3.47. The first-order chi connectivity index (χ1) is 13.9. The van der Waals surface area contributed by atoms with E-state index in [-0.39, 0.29) is 23.8 Å². The largest absolute Gasteiger partial charge is 0.319 e. The van der Waals surface area contributed by atoms with E-state index >= 15 is 0 Å². The standard InChI is InChI=1S/C22H28N4O3/c1-17(2)19-9-7-18(8-10-19)15-24-11-13-25(14-12-24)16-22(27)23-20-5-3-4-6-21(20)26(28)29/h3-10,17H,11-16H2,1-2H3,(H,23,27). The Kier molecular flexibility index (Phi) is 6.95. The van der Waals surface area contributed by atoms with Crippen LogP contribution >= 0.6 is 0 Å². The van der Waals surface area contributed by atoms with Crippen molar-refractivity contribution in [3.05, 3.63) is 69.8 Å². The highest BCUT2D eigenvalue weighted by Gasteiger charge is 2.21. The van der Waals surface area contributed by atoms with Crippen molar-refractivity contribution < 1.29 is 9.72 Å². The molecule has 1 aliphatic heterocycles. The zero-order chi connectivity index (χ0) is 20.8. The molecule has 7 nitrogen and oxygen atoms in total. The van der Waals surface area contributed by atoms with E-state index in [9.17, 15) is 14.9 Å². The number of anilines is 1. The topological polar surface area (TPSA) is 78.7 Å². The molecule has 0 spiro atoms. The molecule has 1 saturated heterocycles. The van der Waals surface area contributed by atoms with E-state index in [2.05, 4.69) is 53.2 Å². The van der Waals surface area contributed by atoms with Gasteiger partial charge in [0.05, 0.1) is 11.5 Å². The Morgan fingerprint density at radius 1 is 1.03 bits per heavy atom. The molecule has 1 fully saturated rings. The summed E-state index contributed by atoms with van der Waals surface area (Å²) in [5, 5.41) is 13.7. The van der Waals surface area contributed by atoms with Gasteiger partial charge in [0.15, 0.2) is 0 Å². The Labute approximate surface area is 171 Å². The van der Waals surface area contributed by atoms with Crippen molar-refractivity contribution in [2.75, 3.05) is 38.0 Å². The number of rotatable bonds is 7. The molecule has 0 radical (unpaired) electrons. The van der Waals surface area contributed by atoms with Crippen molar-refractivity contribution in [2.45, 2.75) is 26.3 Å². The summed E-state index contributed by atoms with van der Waals surface area (Å²) >= 11 is 0. The van der Waals surface area contributed by atoms with Gasteiger partial charge in [0.2, 0.25) is 5.91 Å². The number of hydrogen-bond donors (Lipinski definition) is 1. The molecule has 0 aromatic heterocycles. The molecule has 1 amide bonds. The molecular weight excluding hydrogens is 368 g/mol. The first-order valence-corrected chi connectivity index (χ1v) is 9.99. The molecule has 3 rings (SSSR count). The number of benzene rings is 2. The van der Waals surface area contributed by atoms with Crippen molar-refractivity contribution in [1.29, 1.82) is 0 Å². The van der Waals surface area contributed by atoms with Gasteiger partial charge in [-0.2, -0.15) is 0 Å². The zero-order valence-electron chi connectivity index (χ0n) is 17.0. The van der Waals surface area contributed by atoms with Crippen LogP contribution in [-0.2, 0) is 11.3 Å². The second kappa shape index (κ2) is 9.62. The first kappa shape index (κ1) is 21.0. The monoisotopic (exact) mass is 396 g/mol. The van der Waals surface area contributed by atoms with Gasteiger partial charge in [-0.15, -0.1) is 0 Å². The minimum absolute atomic E-state index is 0.0887. The fourth-order valence-corrected chi connectivity index (χ4v) is 3.50. The normalized spacial score (nSPS) is 15.4. The number of nitrogens with zero attached hydrogens (tertiary/aromatic N) is 3. The lowest BCUT2D eigenvalue weighted by Crippen LogP contribution is -2.48. The molecule has 0 unspecified atom stereocenters. The molecule has 2 aromatic rings. The van der Waals surface area contributed by atoms with E-state index in [4.69, 9.17) is 0 Å². The van der Waals surface area contributed by atoms with Gasteiger partial charge in [-0.1, -0.05) is 50.2 Å². The maximum absolute atomic E-state index is 12.3. The third kappa shape index (κ3) is 5.85. The average molecular weight is 396 g/mol. The minimum atomic E-state index is -0.484. The molecule has 154 valence electrons. The summed E-state index contributed by atoms with van der Waals surface area (Å²) in [6, 6.07) is 15.0. The Hall–Kier alpha value is -2.77. The van der Waals surface area contributed by atoms with Gasteiger partial charge in [-0.25, -0.2) is 0 Å². The zero-order valence-corrected chi connectivity index (χ0v) is 17.0. The van der Waals surface area contributed by atoms with E-state index in [0.29, 0.717) is 5.92 Å². The lowest BCUT2D eigenvalue weighted by molar-refractivity contribution is -0.383. The Morgan fingerprint density at radius 2 is 1.66 bits per heavy atom. The Bertz CT molecular complexity index is 843. The number of hydrogen-bond acceptors (Lipinski definition) is 5. The highest BCUT2D eigenvalue weighted by Crippen LogP contribution is 2.23. The number of nitro benzene ring substituents is 1. The van der Waals surface area contributed by atoms with E-state index in [1.54, 1.807) is 18.2 Å². The second-order valence-electron chi connectivity index (χ2n) is 7.77. The average Bonchev–Trinajstić information content (AvgIpc) is 2.70. The number of amides is 1. The van der Waals surface area contributed by atoms with E-state index in [0.717, 1.165) is 32.7 Å². The molecule has 29 heavy (non-hydrogen) atoms. The molecule has 2 aromatic carbocycles. The van der Waals surface area contributed by atoms with E-state index in [1.807, 2.05) is 0 Å². The van der Waals surface area contributed by atoms with Gasteiger partial charge in [-0.3, -0.25) is 24.7 Å². The Morgan fingerprint density at radius 3 is 2.28 bits per heavy atom. The van der Waals surface area contributed by atoms with Crippen LogP contribution in [0, 0.1) is 10.1 Å². The summed E-state index contributed by atoms with van der Waals surface area (Å²) < 4.78 is 0. The number of piperazine rings is 1. The summed E-state index contributed by atoms with van der Waals surface area (Å²) in [4.78, 5) is 27.4. The van der Waals surface area contributed by atoms with Crippen LogP contribution in [0.1, 0.15) is 30.9 Å². The molecule has 7 heteroatoms. The van der Waals surface area contributed by atoms with Crippen LogP contribution in [0.5, 0.6) is 0 Å². The van der Waals surface area contributed by atoms with Crippen molar-refractivity contribution in [3.63, 3.8) is 0 Å². The molecule has 1 heterocycles. The number of nitro groups is 1. The van der Waals surface area contributed by atoms with Crippen LogP contribution in [-0.4, -0.2) is 53.4 Å². The lowest BCUT2D eigenvalue weighted by Gasteiger charge is -2.34. The summed E-state index contributed by atoms with van der Waals surface area (Å²) in [6.07, 6.45) is 0. The SMILES string of the molecule is CC(C)c1ccc(CN2CCN(CC(=O)Nc3ccccc3[N+](=O)[O-])CC2)cc1. The summed E-state index contributed by atoms with van der Waals surface area (Å²) in [6.45, 7) is 8.93. The molecule has 0 saturated carbocycles. The summed E-state index contributed by atoms with van der Waals surface area (Å²) in [5.41, 5.74) is 2.81. The highest BCUT2D eigenvalue weighted by atomic mass is 16.6. The first-order valence-electron chi connectivity index (χ1n) is 9.99. The highest BCUT2D eigenvalue weighted by molar-refractivity contribution is 5.94. The van der Waals surface area contributed by atoms with Crippen molar-refractivity contribution in [3.8, 4) is 0 Å². The number of para-hydroxylation sites is 2. The minimum Gasteiger partial charge on any atom is -0.319 e. The van der Waals surface area contributed by atoms with Crippen LogP contribution in [0.15, 0.2) is 48.5 Å². The van der Waals surface area contributed by atoms with Gasteiger partial charge < -0.3 is 5.32 Å². The second-order valence-corrected chi connectivity index (χ2v) is 7.77. The third-order valence-corrected chi connectivity index (χ3v) is 5.26. The molecular formula is C22H28N4O3. The van der Waals surface area contributed by atoms with Crippen molar-refractivity contribution in [1.82, 2.24) is 9.80 Å². The molecule has 0 aliphatic carbocycles. The van der Waals surface area contributed by atoms with Crippen LogP contribution in [0.25, 0.3) is 0 Å². The lowest BCUT2D eigenvalue weighted by atomic mass is 10.0. The van der Waals surface area contributed by atoms with Crippen molar-refractivity contribution >= 4 is 17.3 Å². The number of nitrogens with one attached hydrogen (secondary N) is 1. The third-order valence-electron chi connectivity index (χ3n) is 5.26. The number of carbonyl (C=O) groups is 1. The van der Waals surface area contributed by atoms with E-state index < -0.39 is 4.92 Å². The summed E-state index contributed by atoms with van der Waals surface area (Å²) in [5.74, 6) is 0.313. The predicted molar refractivity (Wildman–Crippen MR) is 114 cm³/mol. The van der Waals surface area contributed by atoms with Crippen LogP contribution in [0.2, 0.25) is 0 Å². The number of carbonyl (C=O) groups excluding carboxylic acids is 1. The fraction of sp³-hybridized carbons (Fsp3) is 0.409. The summed E-state index contributed by atoms with van der Waals surface area (Å²) in [7, 11) is 0.